The van der Waals surface area contributed by atoms with Crippen molar-refractivity contribution < 1.29 is 9.47 Å². The number of guanidine groups is 1. The van der Waals surface area contributed by atoms with Crippen LogP contribution in [0.4, 0.5) is 0 Å². The number of para-hydroxylation sites is 1. The van der Waals surface area contributed by atoms with Crippen LogP contribution in [0.3, 0.4) is 0 Å². The number of methoxy groups -OCH3 is 1. The van der Waals surface area contributed by atoms with Gasteiger partial charge in [0, 0.05) is 58.1 Å². The Morgan fingerprint density at radius 2 is 2.00 bits per heavy atom. The highest BCUT2D eigenvalue weighted by molar-refractivity contribution is 14.0. The van der Waals surface area contributed by atoms with Gasteiger partial charge in [0.05, 0.1) is 11.6 Å². The maximum Gasteiger partial charge on any atom is 0.193 e. The summed E-state index contributed by atoms with van der Waals surface area (Å²) in [4.78, 5) is 11.8. The van der Waals surface area contributed by atoms with Gasteiger partial charge in [0.2, 0.25) is 0 Å². The molecule has 2 heterocycles. The zero-order valence-electron chi connectivity index (χ0n) is 18.2. The van der Waals surface area contributed by atoms with Crippen molar-refractivity contribution in [2.75, 3.05) is 46.5 Å². The molecular weight excluding hydrogens is 491 g/mol. The van der Waals surface area contributed by atoms with Gasteiger partial charge in [-0.1, -0.05) is 24.3 Å². The van der Waals surface area contributed by atoms with Crippen molar-refractivity contribution in [1.82, 2.24) is 15.2 Å². The zero-order chi connectivity index (χ0) is 20.3. The van der Waals surface area contributed by atoms with Crippen LogP contribution in [-0.4, -0.2) is 68.4 Å². The molecule has 1 aromatic carbocycles. The second-order valence-electron chi connectivity index (χ2n) is 7.38. The fourth-order valence-electron chi connectivity index (χ4n) is 3.76. The molecule has 2 aromatic rings. The van der Waals surface area contributed by atoms with E-state index < -0.39 is 0 Å². The van der Waals surface area contributed by atoms with Crippen LogP contribution in [0.15, 0.2) is 41.5 Å². The van der Waals surface area contributed by atoms with Crippen molar-refractivity contribution in [2.24, 2.45) is 4.99 Å². The van der Waals surface area contributed by atoms with Crippen molar-refractivity contribution in [3.8, 4) is 0 Å². The summed E-state index contributed by atoms with van der Waals surface area (Å²) in [6.07, 6.45) is 6.16. The molecule has 0 saturated carbocycles. The van der Waals surface area contributed by atoms with Crippen LogP contribution in [0.5, 0.6) is 0 Å². The van der Waals surface area contributed by atoms with Gasteiger partial charge in [0.15, 0.2) is 5.96 Å². The molecule has 0 atom stereocenters. The van der Waals surface area contributed by atoms with Gasteiger partial charge in [-0.15, -0.1) is 24.0 Å². The molecular formula is C23H35IN4O2. The molecule has 0 radical (unpaired) electrons. The number of benzene rings is 1. The molecule has 0 unspecified atom stereocenters. The Hall–Kier alpha value is -1.45. The van der Waals surface area contributed by atoms with Crippen molar-refractivity contribution in [2.45, 2.75) is 38.7 Å². The van der Waals surface area contributed by atoms with Gasteiger partial charge >= 0.3 is 0 Å². The predicted octanol–water partition coefficient (Wildman–Crippen LogP) is 3.88. The van der Waals surface area contributed by atoms with Gasteiger partial charge in [-0.25, -0.2) is 0 Å². The summed E-state index contributed by atoms with van der Waals surface area (Å²) in [5.74, 6) is 1.01. The van der Waals surface area contributed by atoms with E-state index in [0.29, 0.717) is 6.10 Å². The van der Waals surface area contributed by atoms with E-state index in [1.807, 2.05) is 12.3 Å². The van der Waals surface area contributed by atoms with E-state index in [1.54, 1.807) is 7.11 Å². The first-order valence-corrected chi connectivity index (χ1v) is 10.8. The average molecular weight is 526 g/mol. The second-order valence-corrected chi connectivity index (χ2v) is 7.38. The Morgan fingerprint density at radius 3 is 2.77 bits per heavy atom. The number of hydrogen-bond donors (Lipinski definition) is 1. The second kappa shape index (κ2) is 13.8. The van der Waals surface area contributed by atoms with E-state index in [9.17, 15) is 0 Å². The fraction of sp³-hybridized carbons (Fsp3) is 0.565. The molecule has 6 nitrogen and oxygen atoms in total. The summed E-state index contributed by atoms with van der Waals surface area (Å²) in [6, 6.07) is 10.5. The lowest BCUT2D eigenvalue weighted by atomic mass is 10.1. The minimum atomic E-state index is 0. The van der Waals surface area contributed by atoms with E-state index in [2.05, 4.69) is 46.4 Å². The molecule has 3 rings (SSSR count). The molecule has 0 spiro atoms. The number of halogens is 1. The summed E-state index contributed by atoms with van der Waals surface area (Å²) in [6.45, 7) is 7.27. The maximum atomic E-state index is 5.98. The third kappa shape index (κ3) is 7.35. The molecule has 0 amide bonds. The average Bonchev–Trinajstić information content (AvgIpc) is 2.77. The summed E-state index contributed by atoms with van der Waals surface area (Å²) in [5.41, 5.74) is 2.34. The Morgan fingerprint density at radius 1 is 1.20 bits per heavy atom. The molecule has 0 bridgehead atoms. The first-order valence-electron chi connectivity index (χ1n) is 10.8. The highest BCUT2D eigenvalue weighted by atomic mass is 127. The molecule has 1 N–H and O–H groups in total. The highest BCUT2D eigenvalue weighted by Crippen LogP contribution is 2.17. The van der Waals surface area contributed by atoms with Crippen LogP contribution in [0, 0.1) is 0 Å². The first-order chi connectivity index (χ1) is 14.3. The lowest BCUT2D eigenvalue weighted by molar-refractivity contribution is 0.00991. The van der Waals surface area contributed by atoms with Gasteiger partial charge < -0.3 is 19.7 Å². The largest absolute Gasteiger partial charge is 0.385 e. The quantitative estimate of drug-likeness (QED) is 0.233. The van der Waals surface area contributed by atoms with Gasteiger partial charge in [-0.2, -0.15) is 0 Å². The van der Waals surface area contributed by atoms with Crippen molar-refractivity contribution in [1.29, 1.82) is 0 Å². The molecule has 7 heteroatoms. The minimum absolute atomic E-state index is 0. The Bertz CT molecular complexity index is 773. The summed E-state index contributed by atoms with van der Waals surface area (Å²) >= 11 is 0. The monoisotopic (exact) mass is 526 g/mol. The highest BCUT2D eigenvalue weighted by Gasteiger charge is 2.21. The summed E-state index contributed by atoms with van der Waals surface area (Å²) in [5, 5.41) is 4.64. The molecule has 1 aliphatic rings. The minimum Gasteiger partial charge on any atom is -0.385 e. The maximum absolute atomic E-state index is 5.98. The lowest BCUT2D eigenvalue weighted by Crippen LogP contribution is -2.47. The fourth-order valence-corrected chi connectivity index (χ4v) is 3.76. The number of hydrogen-bond acceptors (Lipinski definition) is 4. The lowest BCUT2D eigenvalue weighted by Gasteiger charge is -2.34. The van der Waals surface area contributed by atoms with Crippen LogP contribution >= 0.6 is 24.0 Å². The molecule has 1 aliphatic heterocycles. The summed E-state index contributed by atoms with van der Waals surface area (Å²) in [7, 11) is 1.73. The van der Waals surface area contributed by atoms with Crippen LogP contribution in [0.25, 0.3) is 10.9 Å². The predicted molar refractivity (Wildman–Crippen MR) is 134 cm³/mol. The Labute approximate surface area is 197 Å². The van der Waals surface area contributed by atoms with Gasteiger partial charge in [-0.3, -0.25) is 9.98 Å². The number of aliphatic imine (C=N–C) groups is 1. The molecule has 30 heavy (non-hydrogen) atoms. The molecule has 0 aliphatic carbocycles. The van der Waals surface area contributed by atoms with E-state index in [0.717, 1.165) is 76.6 Å². The number of aromatic nitrogens is 1. The molecule has 166 valence electrons. The topological polar surface area (TPSA) is 59.0 Å². The van der Waals surface area contributed by atoms with Gasteiger partial charge in [0.25, 0.3) is 0 Å². The standard InChI is InChI=1S/C23H34N4O2.HI/c1-3-24-23(27-15-11-21(12-16-27)29-18-6-17-28-2)26-14-10-20-8-4-7-19-9-5-13-25-22(19)20;/h4-5,7-9,13,21H,3,6,10-12,14-18H2,1-2H3,(H,24,26);1H. The summed E-state index contributed by atoms with van der Waals surface area (Å²) < 4.78 is 11.1. The van der Waals surface area contributed by atoms with Gasteiger partial charge in [0.1, 0.15) is 0 Å². The number of piperidine rings is 1. The number of likely N-dealkylation sites (tertiary alicyclic amines) is 1. The molecule has 1 saturated heterocycles. The van der Waals surface area contributed by atoms with E-state index >= 15 is 0 Å². The number of nitrogens with one attached hydrogen (secondary N) is 1. The van der Waals surface area contributed by atoms with Crippen molar-refractivity contribution in [3.05, 3.63) is 42.1 Å². The van der Waals surface area contributed by atoms with Crippen LogP contribution in [0.2, 0.25) is 0 Å². The number of pyridine rings is 1. The Kier molecular flexibility index (Phi) is 11.4. The number of rotatable bonds is 9. The number of nitrogens with zero attached hydrogens (tertiary/aromatic N) is 3. The van der Waals surface area contributed by atoms with Crippen LogP contribution in [-0.2, 0) is 15.9 Å². The zero-order valence-corrected chi connectivity index (χ0v) is 20.5. The Balaban J connectivity index is 0.00000320. The number of fused-ring (bicyclic) bond motifs is 1. The van der Waals surface area contributed by atoms with Crippen LogP contribution < -0.4 is 5.32 Å². The van der Waals surface area contributed by atoms with E-state index in [4.69, 9.17) is 14.5 Å². The molecule has 1 aromatic heterocycles. The van der Waals surface area contributed by atoms with Gasteiger partial charge in [-0.05, 0) is 44.2 Å². The normalized spacial score (nSPS) is 15.3. The van der Waals surface area contributed by atoms with E-state index in [1.165, 1.54) is 10.9 Å². The first kappa shape index (κ1) is 24.8. The van der Waals surface area contributed by atoms with Crippen molar-refractivity contribution >= 4 is 40.8 Å². The third-order valence-electron chi connectivity index (χ3n) is 5.28. The van der Waals surface area contributed by atoms with E-state index in [-0.39, 0.29) is 24.0 Å². The smallest absolute Gasteiger partial charge is 0.193 e. The van der Waals surface area contributed by atoms with Crippen LogP contribution in [0.1, 0.15) is 31.7 Å². The number of ether oxygens (including phenoxy) is 2. The third-order valence-corrected chi connectivity index (χ3v) is 5.28. The SMILES string of the molecule is CCNC(=NCCc1cccc2cccnc12)N1CCC(OCCCOC)CC1.I. The van der Waals surface area contributed by atoms with Crippen molar-refractivity contribution in [3.63, 3.8) is 0 Å². The molecule has 1 fully saturated rings.